The van der Waals surface area contributed by atoms with Gasteiger partial charge in [0.25, 0.3) is 0 Å². The molecular weight excluding hydrogens is 312 g/mol. The van der Waals surface area contributed by atoms with Gasteiger partial charge in [-0.3, -0.25) is 4.79 Å². The fraction of sp³-hybridized carbons (Fsp3) is 0. The second-order valence-electron chi connectivity index (χ2n) is 4.72. The van der Waals surface area contributed by atoms with Gasteiger partial charge in [-0.2, -0.15) is 0 Å². The smallest absolute Gasteiger partial charge is 0.187 e. The highest BCUT2D eigenvalue weighted by atomic mass is 32.2. The molecule has 3 aromatic rings. The van der Waals surface area contributed by atoms with Gasteiger partial charge in [0.1, 0.15) is 10.1 Å². The second kappa shape index (κ2) is 5.59. The van der Waals surface area contributed by atoms with E-state index in [2.05, 4.69) is 9.97 Å². The Kier molecular flexibility index (Phi) is 3.44. The molecule has 0 unspecified atom stereocenters. The number of nitrogens with zero attached hydrogens (tertiary/aromatic N) is 2. The van der Waals surface area contributed by atoms with E-state index >= 15 is 0 Å². The van der Waals surface area contributed by atoms with Crippen molar-refractivity contribution in [3.63, 3.8) is 0 Å². The van der Waals surface area contributed by atoms with Crippen LogP contribution in [-0.4, -0.2) is 15.8 Å². The number of hydrogen-bond donors (Lipinski definition) is 0. The van der Waals surface area contributed by atoms with Crippen LogP contribution in [0.3, 0.4) is 0 Å². The molecule has 0 N–H and O–H groups in total. The van der Waals surface area contributed by atoms with Crippen LogP contribution < -0.4 is 0 Å². The molecule has 106 valence electrons. The minimum absolute atomic E-state index is 0.00737. The fourth-order valence-corrected chi connectivity index (χ4v) is 4.32. The van der Waals surface area contributed by atoms with E-state index in [0.717, 1.165) is 25.3 Å². The number of para-hydroxylation sites is 2. The van der Waals surface area contributed by atoms with Crippen molar-refractivity contribution in [2.45, 2.75) is 10.1 Å². The Hall–Kier alpha value is -2.11. The standard InChI is InChI=1S/C17H10N2OS2/c20-14(11-6-2-1-3-7-11)10-15-21-16-17(22-15)19-13-9-5-4-8-12(13)18-16/h1-10H. The van der Waals surface area contributed by atoms with Crippen molar-refractivity contribution in [2.75, 3.05) is 0 Å². The molecule has 0 bridgehead atoms. The summed E-state index contributed by atoms with van der Waals surface area (Å²) in [5, 5.41) is 1.74. The molecular formula is C17H10N2OS2. The molecule has 0 saturated carbocycles. The predicted molar refractivity (Wildman–Crippen MR) is 90.1 cm³/mol. The molecule has 2 aromatic carbocycles. The molecule has 1 aliphatic rings. The first-order valence-electron chi connectivity index (χ1n) is 6.73. The van der Waals surface area contributed by atoms with Crippen LogP contribution in [0.2, 0.25) is 0 Å². The molecule has 0 atom stereocenters. The molecule has 0 amide bonds. The van der Waals surface area contributed by atoms with Crippen LogP contribution in [0.15, 0.2) is 75.0 Å². The zero-order valence-corrected chi connectivity index (χ0v) is 13.0. The predicted octanol–water partition coefficient (Wildman–Crippen LogP) is 4.55. The van der Waals surface area contributed by atoms with Gasteiger partial charge in [-0.15, -0.1) is 0 Å². The maximum Gasteiger partial charge on any atom is 0.187 e. The number of ketones is 1. The number of allylic oxidation sites excluding steroid dienone is 1. The third kappa shape index (κ3) is 2.53. The summed E-state index contributed by atoms with van der Waals surface area (Å²) in [5.74, 6) is 0.00737. The van der Waals surface area contributed by atoms with E-state index in [1.165, 1.54) is 23.5 Å². The zero-order chi connectivity index (χ0) is 14.9. The molecule has 2 heterocycles. The largest absolute Gasteiger partial charge is 0.289 e. The van der Waals surface area contributed by atoms with Crippen molar-refractivity contribution in [3.8, 4) is 0 Å². The number of hydrogen-bond acceptors (Lipinski definition) is 5. The van der Waals surface area contributed by atoms with E-state index in [4.69, 9.17) is 0 Å². The first-order valence-corrected chi connectivity index (χ1v) is 8.36. The van der Waals surface area contributed by atoms with Gasteiger partial charge < -0.3 is 0 Å². The number of fused-ring (bicyclic) bond motifs is 2. The maximum absolute atomic E-state index is 12.2. The monoisotopic (exact) mass is 322 g/mol. The Labute approximate surface area is 135 Å². The molecule has 0 fully saturated rings. The van der Waals surface area contributed by atoms with Gasteiger partial charge in [0, 0.05) is 11.6 Å². The number of carbonyl (C=O) groups is 1. The lowest BCUT2D eigenvalue weighted by atomic mass is 10.1. The Bertz CT molecular complexity index is 860. The number of aromatic nitrogens is 2. The summed E-state index contributed by atoms with van der Waals surface area (Å²) < 4.78 is 0.916. The van der Waals surface area contributed by atoms with Gasteiger partial charge in [-0.1, -0.05) is 66.0 Å². The topological polar surface area (TPSA) is 42.9 Å². The van der Waals surface area contributed by atoms with Gasteiger partial charge in [-0.05, 0) is 12.1 Å². The lowest BCUT2D eigenvalue weighted by molar-refractivity contribution is 0.104. The highest BCUT2D eigenvalue weighted by Gasteiger charge is 2.22. The number of thioether (sulfide) groups is 2. The zero-order valence-electron chi connectivity index (χ0n) is 11.4. The molecule has 5 heteroatoms. The lowest BCUT2D eigenvalue weighted by Gasteiger charge is -1.98. The lowest BCUT2D eigenvalue weighted by Crippen LogP contribution is -1.93. The minimum atomic E-state index is 0.00737. The summed E-state index contributed by atoms with van der Waals surface area (Å²) in [6, 6.07) is 17.1. The van der Waals surface area contributed by atoms with Crippen molar-refractivity contribution in [2.24, 2.45) is 0 Å². The quantitative estimate of drug-likeness (QED) is 0.511. The normalized spacial score (nSPS) is 13.2. The van der Waals surface area contributed by atoms with Gasteiger partial charge in [-0.25, -0.2) is 9.97 Å². The number of benzene rings is 2. The van der Waals surface area contributed by atoms with Crippen molar-refractivity contribution in [1.82, 2.24) is 9.97 Å². The Morgan fingerprint density at radius 2 is 1.36 bits per heavy atom. The molecule has 0 spiro atoms. The Balaban J connectivity index is 1.65. The van der Waals surface area contributed by atoms with Gasteiger partial charge in [0.05, 0.1) is 15.3 Å². The highest BCUT2D eigenvalue weighted by Crippen LogP contribution is 2.49. The summed E-state index contributed by atoms with van der Waals surface area (Å²) >= 11 is 3.01. The van der Waals surface area contributed by atoms with Gasteiger partial charge in [0.2, 0.25) is 0 Å². The van der Waals surface area contributed by atoms with Crippen molar-refractivity contribution in [3.05, 3.63) is 70.5 Å². The van der Waals surface area contributed by atoms with Crippen LogP contribution in [0.4, 0.5) is 0 Å². The first kappa shape index (κ1) is 13.5. The van der Waals surface area contributed by atoms with Crippen molar-refractivity contribution in [1.29, 1.82) is 0 Å². The van der Waals surface area contributed by atoms with E-state index < -0.39 is 0 Å². The van der Waals surface area contributed by atoms with E-state index in [0.29, 0.717) is 5.56 Å². The van der Waals surface area contributed by atoms with E-state index in [1.807, 2.05) is 54.6 Å². The highest BCUT2D eigenvalue weighted by molar-refractivity contribution is 8.24. The van der Waals surface area contributed by atoms with Crippen LogP contribution in [0, 0.1) is 0 Å². The minimum Gasteiger partial charge on any atom is -0.289 e. The number of carbonyl (C=O) groups excluding carboxylic acids is 1. The summed E-state index contributed by atoms with van der Waals surface area (Å²) in [5.41, 5.74) is 2.45. The van der Waals surface area contributed by atoms with Crippen molar-refractivity contribution < 1.29 is 4.79 Å². The molecule has 3 nitrogen and oxygen atoms in total. The second-order valence-corrected chi connectivity index (χ2v) is 7.04. The van der Waals surface area contributed by atoms with Gasteiger partial charge in [0.15, 0.2) is 5.78 Å². The van der Waals surface area contributed by atoms with E-state index in [9.17, 15) is 4.79 Å². The maximum atomic E-state index is 12.2. The molecule has 0 saturated heterocycles. The van der Waals surface area contributed by atoms with Crippen LogP contribution in [0.25, 0.3) is 11.0 Å². The average Bonchev–Trinajstić information content (AvgIpc) is 2.94. The van der Waals surface area contributed by atoms with E-state index in [1.54, 1.807) is 6.08 Å². The third-order valence-electron chi connectivity index (χ3n) is 3.21. The molecule has 0 radical (unpaired) electrons. The van der Waals surface area contributed by atoms with Gasteiger partial charge >= 0.3 is 0 Å². The molecule has 1 aromatic heterocycles. The first-order chi connectivity index (χ1) is 10.8. The van der Waals surface area contributed by atoms with Crippen LogP contribution >= 0.6 is 23.5 Å². The number of rotatable bonds is 2. The summed E-state index contributed by atoms with van der Waals surface area (Å²) in [7, 11) is 0. The van der Waals surface area contributed by atoms with Crippen LogP contribution in [-0.2, 0) is 0 Å². The van der Waals surface area contributed by atoms with Crippen molar-refractivity contribution >= 4 is 40.3 Å². The van der Waals surface area contributed by atoms with E-state index in [-0.39, 0.29) is 5.78 Å². The Morgan fingerprint density at radius 1 is 0.818 bits per heavy atom. The Morgan fingerprint density at radius 3 is 1.95 bits per heavy atom. The fourth-order valence-electron chi connectivity index (χ4n) is 2.16. The summed E-state index contributed by atoms with van der Waals surface area (Å²) in [6.45, 7) is 0. The summed E-state index contributed by atoms with van der Waals surface area (Å²) in [6.07, 6.45) is 1.67. The summed E-state index contributed by atoms with van der Waals surface area (Å²) in [4.78, 5) is 21.5. The molecule has 22 heavy (non-hydrogen) atoms. The van der Waals surface area contributed by atoms with Crippen LogP contribution in [0.5, 0.6) is 0 Å². The molecule has 4 rings (SSSR count). The third-order valence-corrected chi connectivity index (χ3v) is 5.43. The molecule has 1 aliphatic heterocycles. The SMILES string of the molecule is O=C(C=C1Sc2nc3ccccc3nc2S1)c1ccccc1. The average molecular weight is 322 g/mol. The van der Waals surface area contributed by atoms with Crippen LogP contribution in [0.1, 0.15) is 10.4 Å². The molecule has 0 aliphatic carbocycles.